The molecule has 2 aliphatic heterocycles. The average Bonchev–Trinajstić information content (AvgIpc) is 3.28. The predicted octanol–water partition coefficient (Wildman–Crippen LogP) is 3.18. The topological polar surface area (TPSA) is 65.8 Å². The van der Waals surface area contributed by atoms with Crippen LogP contribution in [0.1, 0.15) is 21.7 Å². The highest BCUT2D eigenvalue weighted by Crippen LogP contribution is 2.47. The molecule has 1 N–H and O–H groups in total. The fourth-order valence-electron chi connectivity index (χ4n) is 4.01. The number of nitrogens with zero attached hydrogens (tertiary/aromatic N) is 2. The van der Waals surface area contributed by atoms with Gasteiger partial charge in [-0.3, -0.25) is 14.5 Å². The van der Waals surface area contributed by atoms with E-state index in [9.17, 15) is 9.59 Å². The summed E-state index contributed by atoms with van der Waals surface area (Å²) in [5.41, 5.74) is 1.42. The Hall–Kier alpha value is -3.54. The molecule has 6 heteroatoms. The third-order valence-corrected chi connectivity index (χ3v) is 5.29. The van der Waals surface area contributed by atoms with Gasteiger partial charge in [0.15, 0.2) is 0 Å². The number of carbonyl (C=O) groups excluding carboxylic acids is 2. The van der Waals surface area contributed by atoms with Gasteiger partial charge in [0.2, 0.25) is 5.66 Å². The zero-order chi connectivity index (χ0) is 18.6. The lowest BCUT2D eigenvalue weighted by Crippen LogP contribution is -2.61. The Labute approximate surface area is 156 Å². The Kier molecular flexibility index (Phi) is 3.18. The lowest BCUT2D eigenvalue weighted by molar-refractivity contribution is -0.127. The molecule has 2 amide bonds. The van der Waals surface area contributed by atoms with Crippen molar-refractivity contribution in [2.45, 2.75) is 12.2 Å². The van der Waals surface area contributed by atoms with Crippen molar-refractivity contribution < 1.29 is 14.0 Å². The van der Waals surface area contributed by atoms with Crippen molar-refractivity contribution in [2.75, 3.05) is 17.3 Å². The number of benzene rings is 2. The number of anilines is 2. The molecule has 3 aromatic rings. The quantitative estimate of drug-likeness (QED) is 0.763. The van der Waals surface area contributed by atoms with Crippen LogP contribution in [0.3, 0.4) is 0 Å². The summed E-state index contributed by atoms with van der Waals surface area (Å²) >= 11 is 0. The summed E-state index contributed by atoms with van der Waals surface area (Å²) in [6.45, 7) is 0.182. The first kappa shape index (κ1) is 15.7. The first-order valence-corrected chi connectivity index (χ1v) is 8.72. The van der Waals surface area contributed by atoms with E-state index in [1.807, 2.05) is 42.5 Å². The predicted molar refractivity (Wildman–Crippen MR) is 100 cm³/mol. The van der Waals surface area contributed by atoms with Crippen LogP contribution >= 0.6 is 0 Å². The van der Waals surface area contributed by atoms with Gasteiger partial charge in [-0.1, -0.05) is 30.3 Å². The van der Waals surface area contributed by atoms with E-state index in [0.717, 1.165) is 11.3 Å². The zero-order valence-electron chi connectivity index (χ0n) is 14.7. The molecule has 5 rings (SSSR count). The molecule has 0 saturated carbocycles. The van der Waals surface area contributed by atoms with Crippen molar-refractivity contribution in [1.29, 1.82) is 0 Å². The SMILES string of the molecule is CN1C(=O)[C@]2(Nc3ccccc3C(=O)N2Cc2ccco2)c2ccccc21. The van der Waals surface area contributed by atoms with E-state index in [1.54, 1.807) is 41.3 Å². The van der Waals surface area contributed by atoms with Crippen LogP contribution in [0.15, 0.2) is 71.3 Å². The number of hydrogen-bond acceptors (Lipinski definition) is 4. The van der Waals surface area contributed by atoms with E-state index in [4.69, 9.17) is 4.42 Å². The largest absolute Gasteiger partial charge is 0.467 e. The van der Waals surface area contributed by atoms with Gasteiger partial charge in [0, 0.05) is 18.3 Å². The van der Waals surface area contributed by atoms with Crippen molar-refractivity contribution in [3.05, 3.63) is 83.8 Å². The average molecular weight is 359 g/mol. The third kappa shape index (κ3) is 2.01. The van der Waals surface area contributed by atoms with E-state index >= 15 is 0 Å². The summed E-state index contributed by atoms with van der Waals surface area (Å²) in [5.74, 6) is 0.209. The van der Waals surface area contributed by atoms with Gasteiger partial charge < -0.3 is 14.6 Å². The van der Waals surface area contributed by atoms with Crippen molar-refractivity contribution in [2.24, 2.45) is 0 Å². The second kappa shape index (κ2) is 5.48. The van der Waals surface area contributed by atoms with Crippen molar-refractivity contribution in [3.63, 3.8) is 0 Å². The fraction of sp³-hybridized carbons (Fsp3) is 0.143. The summed E-state index contributed by atoms with van der Waals surface area (Å²) in [5, 5.41) is 3.37. The maximum atomic E-state index is 13.5. The van der Waals surface area contributed by atoms with Crippen LogP contribution in [0, 0.1) is 0 Å². The van der Waals surface area contributed by atoms with Gasteiger partial charge in [0.25, 0.3) is 11.8 Å². The molecule has 27 heavy (non-hydrogen) atoms. The Bertz CT molecular complexity index is 1060. The van der Waals surface area contributed by atoms with E-state index in [0.29, 0.717) is 17.0 Å². The van der Waals surface area contributed by atoms with Crippen LogP contribution in [-0.4, -0.2) is 23.8 Å². The van der Waals surface area contributed by atoms with Gasteiger partial charge in [0.05, 0.1) is 24.1 Å². The van der Waals surface area contributed by atoms with Gasteiger partial charge in [-0.25, -0.2) is 0 Å². The maximum absolute atomic E-state index is 13.5. The number of furan rings is 1. The van der Waals surface area contributed by atoms with Crippen LogP contribution in [-0.2, 0) is 17.0 Å². The molecular weight excluding hydrogens is 342 g/mol. The van der Waals surface area contributed by atoms with E-state index < -0.39 is 5.66 Å². The smallest absolute Gasteiger partial charge is 0.278 e. The lowest BCUT2D eigenvalue weighted by Gasteiger charge is -2.44. The molecule has 3 heterocycles. The highest BCUT2D eigenvalue weighted by Gasteiger charge is 2.58. The van der Waals surface area contributed by atoms with Crippen molar-refractivity contribution in [1.82, 2.24) is 4.90 Å². The number of likely N-dealkylation sites (N-methyl/N-ethyl adjacent to an activating group) is 1. The molecule has 0 bridgehead atoms. The number of nitrogens with one attached hydrogen (secondary N) is 1. The summed E-state index contributed by atoms with van der Waals surface area (Å²) in [4.78, 5) is 30.1. The Morgan fingerprint density at radius 2 is 1.78 bits per heavy atom. The van der Waals surface area contributed by atoms with Gasteiger partial charge >= 0.3 is 0 Å². The number of rotatable bonds is 2. The Morgan fingerprint density at radius 3 is 2.59 bits per heavy atom. The molecule has 1 atom stereocenters. The monoisotopic (exact) mass is 359 g/mol. The summed E-state index contributed by atoms with van der Waals surface area (Å²) in [7, 11) is 1.73. The molecule has 0 unspecified atom stereocenters. The molecule has 0 fully saturated rings. The highest BCUT2D eigenvalue weighted by molar-refractivity contribution is 6.14. The Morgan fingerprint density at radius 1 is 1.00 bits per heavy atom. The maximum Gasteiger partial charge on any atom is 0.278 e. The molecule has 0 saturated heterocycles. The van der Waals surface area contributed by atoms with Gasteiger partial charge in [-0.15, -0.1) is 0 Å². The Balaban J connectivity index is 1.76. The molecule has 2 aliphatic rings. The fourth-order valence-corrected chi connectivity index (χ4v) is 4.01. The van der Waals surface area contributed by atoms with Crippen LogP contribution in [0.5, 0.6) is 0 Å². The minimum Gasteiger partial charge on any atom is -0.467 e. The summed E-state index contributed by atoms with van der Waals surface area (Å²) < 4.78 is 5.48. The molecule has 1 spiro atoms. The molecule has 2 aromatic carbocycles. The van der Waals surface area contributed by atoms with Crippen molar-refractivity contribution >= 4 is 23.2 Å². The standard InChI is InChI=1S/C21H17N3O3/c1-23-18-11-5-3-9-16(18)21(20(23)26)22-17-10-4-2-8-15(17)19(25)24(21)13-14-7-6-12-27-14/h2-12,22H,13H2,1H3/t21-/m0/s1. The zero-order valence-corrected chi connectivity index (χ0v) is 14.7. The van der Waals surface area contributed by atoms with Crippen LogP contribution in [0.2, 0.25) is 0 Å². The normalized spacial score (nSPS) is 20.6. The lowest BCUT2D eigenvalue weighted by atomic mass is 9.93. The van der Waals surface area contributed by atoms with Crippen molar-refractivity contribution in [3.8, 4) is 0 Å². The number of amides is 2. The number of fused-ring (bicyclic) bond motifs is 3. The number of hydrogen-bond donors (Lipinski definition) is 1. The van der Waals surface area contributed by atoms with E-state index in [-0.39, 0.29) is 18.4 Å². The van der Waals surface area contributed by atoms with Gasteiger partial charge in [-0.05, 0) is 30.3 Å². The second-order valence-electron chi connectivity index (χ2n) is 6.73. The minimum atomic E-state index is -1.30. The first-order chi connectivity index (χ1) is 13.1. The number of para-hydroxylation sites is 2. The second-order valence-corrected chi connectivity index (χ2v) is 6.73. The van der Waals surface area contributed by atoms with E-state index in [1.165, 1.54) is 0 Å². The third-order valence-electron chi connectivity index (χ3n) is 5.29. The van der Waals surface area contributed by atoms with Gasteiger partial charge in [0.1, 0.15) is 5.76 Å². The molecule has 6 nitrogen and oxygen atoms in total. The molecule has 134 valence electrons. The van der Waals surface area contributed by atoms with Crippen LogP contribution in [0.4, 0.5) is 11.4 Å². The van der Waals surface area contributed by atoms with Crippen LogP contribution in [0.25, 0.3) is 0 Å². The molecule has 1 aromatic heterocycles. The summed E-state index contributed by atoms with van der Waals surface area (Å²) in [6.07, 6.45) is 1.56. The number of carbonyl (C=O) groups is 2. The highest BCUT2D eigenvalue weighted by atomic mass is 16.3. The van der Waals surface area contributed by atoms with E-state index in [2.05, 4.69) is 5.32 Å². The first-order valence-electron chi connectivity index (χ1n) is 8.72. The molecule has 0 radical (unpaired) electrons. The molecule has 0 aliphatic carbocycles. The summed E-state index contributed by atoms with van der Waals surface area (Å²) in [6, 6.07) is 18.4. The minimum absolute atomic E-state index is 0.182. The van der Waals surface area contributed by atoms with Gasteiger partial charge in [-0.2, -0.15) is 0 Å². The van der Waals surface area contributed by atoms with Crippen LogP contribution < -0.4 is 10.2 Å². The molecular formula is C21H17N3O3.